The molecule has 4 amide bonds. The zero-order chi connectivity index (χ0) is 33.2. The number of carbonyl (C=O) groups is 4. The summed E-state index contributed by atoms with van der Waals surface area (Å²) in [7, 11) is 0. The maximum atomic E-state index is 13.4. The monoisotopic (exact) mass is 648 g/mol. The Bertz CT molecular complexity index is 1920. The molecule has 0 saturated heterocycles. The van der Waals surface area contributed by atoms with E-state index < -0.39 is 23.6 Å². The molecule has 0 saturated carbocycles. The number of halogens is 2. The van der Waals surface area contributed by atoms with Gasteiger partial charge in [0.05, 0.1) is 0 Å². The van der Waals surface area contributed by atoms with E-state index in [1.807, 2.05) is 12.1 Å². The summed E-state index contributed by atoms with van der Waals surface area (Å²) in [6.07, 6.45) is 4.89. The maximum absolute atomic E-state index is 13.4. The van der Waals surface area contributed by atoms with Gasteiger partial charge in [0.25, 0.3) is 23.6 Å². The second kappa shape index (κ2) is 15.6. The van der Waals surface area contributed by atoms with Gasteiger partial charge < -0.3 is 0 Å². The Labute approximate surface area is 277 Å². The molecule has 0 radical (unpaired) electrons. The Morgan fingerprint density at radius 2 is 1.00 bits per heavy atom. The summed E-state index contributed by atoms with van der Waals surface area (Å²) in [4.78, 5) is 52.1. The highest BCUT2D eigenvalue weighted by molar-refractivity contribution is 6.32. The molecule has 0 bridgehead atoms. The van der Waals surface area contributed by atoms with Crippen LogP contribution >= 0.6 is 23.2 Å². The van der Waals surface area contributed by atoms with Crippen molar-refractivity contribution in [1.29, 1.82) is 0 Å². The Morgan fingerprint density at radius 3 is 1.52 bits per heavy atom. The molecule has 4 aromatic rings. The highest BCUT2D eigenvalue weighted by Gasteiger charge is 2.18. The molecule has 0 aliphatic heterocycles. The van der Waals surface area contributed by atoms with E-state index in [1.54, 1.807) is 116 Å². The van der Waals surface area contributed by atoms with Crippen LogP contribution in [0.3, 0.4) is 0 Å². The van der Waals surface area contributed by atoms with E-state index >= 15 is 0 Å². The molecule has 0 aromatic heterocycles. The van der Waals surface area contributed by atoms with Crippen molar-refractivity contribution in [2.24, 2.45) is 0 Å². The van der Waals surface area contributed by atoms with Crippen molar-refractivity contribution < 1.29 is 19.2 Å². The third-order valence-corrected chi connectivity index (χ3v) is 7.14. The van der Waals surface area contributed by atoms with Crippen molar-refractivity contribution in [2.45, 2.75) is 13.8 Å². The third-order valence-electron chi connectivity index (χ3n) is 6.67. The van der Waals surface area contributed by atoms with Gasteiger partial charge in [0.2, 0.25) is 0 Å². The fourth-order valence-corrected chi connectivity index (χ4v) is 4.76. The molecular weight excluding hydrogens is 619 g/mol. The molecule has 2 N–H and O–H groups in total. The molecule has 0 heterocycles. The number of imide groups is 2. The lowest BCUT2D eigenvalue weighted by atomic mass is 9.98. The van der Waals surface area contributed by atoms with Crippen LogP contribution in [0.4, 0.5) is 0 Å². The minimum absolute atomic E-state index is 0.182. The van der Waals surface area contributed by atoms with Crippen molar-refractivity contribution in [3.8, 4) is 0 Å². The van der Waals surface area contributed by atoms with Crippen molar-refractivity contribution in [3.05, 3.63) is 159 Å². The van der Waals surface area contributed by atoms with Gasteiger partial charge in [-0.2, -0.15) is 0 Å². The molecule has 0 spiro atoms. The van der Waals surface area contributed by atoms with Crippen LogP contribution in [-0.2, 0) is 19.2 Å². The Balaban J connectivity index is 1.62. The molecule has 46 heavy (non-hydrogen) atoms. The molecular formula is C38H30Cl2N2O4. The van der Waals surface area contributed by atoms with Crippen LogP contribution < -0.4 is 10.6 Å². The summed E-state index contributed by atoms with van der Waals surface area (Å²) in [6, 6.07) is 29.9. The number of benzene rings is 4. The Hall–Kier alpha value is -5.30. The SMILES string of the molecule is C=C(C)C(=O)NC(=O)/C(=C\c1cccc(Cl)c1)c1cccc(/C=C(\C)C(=O)NC(=O)/C(=C/c2cccc(Cl)c2)c2ccccc2)c1. The molecule has 230 valence electrons. The smallest absolute Gasteiger partial charge is 0.258 e. The highest BCUT2D eigenvalue weighted by Crippen LogP contribution is 2.24. The fraction of sp³-hybridized carbons (Fsp3) is 0.0526. The first-order valence-electron chi connectivity index (χ1n) is 14.2. The molecule has 4 rings (SSSR count). The first-order valence-corrected chi connectivity index (χ1v) is 14.9. The van der Waals surface area contributed by atoms with Gasteiger partial charge in [-0.3, -0.25) is 29.8 Å². The van der Waals surface area contributed by atoms with Crippen molar-refractivity contribution in [2.75, 3.05) is 0 Å². The molecule has 0 atom stereocenters. The van der Waals surface area contributed by atoms with Crippen LogP contribution in [0.15, 0.2) is 121 Å². The minimum atomic E-state index is -0.630. The highest BCUT2D eigenvalue weighted by atomic mass is 35.5. The van der Waals surface area contributed by atoms with E-state index in [1.165, 1.54) is 6.92 Å². The van der Waals surface area contributed by atoms with Crippen LogP contribution in [0.1, 0.15) is 41.7 Å². The quantitative estimate of drug-likeness (QED) is 0.142. The van der Waals surface area contributed by atoms with E-state index in [2.05, 4.69) is 17.2 Å². The topological polar surface area (TPSA) is 92.3 Å². The molecule has 0 fully saturated rings. The average Bonchev–Trinajstić information content (AvgIpc) is 3.03. The second-order valence-electron chi connectivity index (χ2n) is 10.4. The molecule has 4 aromatic carbocycles. The number of amides is 4. The predicted molar refractivity (Wildman–Crippen MR) is 186 cm³/mol. The second-order valence-corrected chi connectivity index (χ2v) is 11.3. The average molecular weight is 650 g/mol. The number of carbonyl (C=O) groups excluding carboxylic acids is 4. The van der Waals surface area contributed by atoms with E-state index in [4.69, 9.17) is 23.2 Å². The van der Waals surface area contributed by atoms with Gasteiger partial charge in [0, 0.05) is 32.3 Å². The molecule has 0 unspecified atom stereocenters. The molecule has 0 aliphatic rings. The van der Waals surface area contributed by atoms with Gasteiger partial charge >= 0.3 is 0 Å². The first-order chi connectivity index (χ1) is 22.0. The van der Waals surface area contributed by atoms with Crippen LogP contribution in [0.2, 0.25) is 10.0 Å². The third kappa shape index (κ3) is 9.35. The van der Waals surface area contributed by atoms with E-state index in [-0.39, 0.29) is 22.3 Å². The number of nitrogens with one attached hydrogen (secondary N) is 2. The van der Waals surface area contributed by atoms with E-state index in [0.717, 1.165) is 0 Å². The largest absolute Gasteiger partial charge is 0.288 e. The van der Waals surface area contributed by atoms with Crippen LogP contribution in [-0.4, -0.2) is 23.6 Å². The standard InChI is InChI=1S/C38H30Cl2N2O4/c1-24(2)35(43)41-38(46)34(23-28-12-9-17-32(40)21-28)30-15-7-10-26(19-30)18-25(3)36(44)42-37(45)33(29-13-5-4-6-14-29)22-27-11-8-16-31(39)20-27/h4-23H,1H2,2-3H3,(H,41,43,46)(H,42,44,45)/b25-18+,33-22+,34-23-. The molecule has 6 nitrogen and oxygen atoms in total. The zero-order valence-electron chi connectivity index (χ0n) is 25.1. The molecule has 8 heteroatoms. The van der Waals surface area contributed by atoms with Crippen molar-refractivity contribution >= 4 is 76.2 Å². The van der Waals surface area contributed by atoms with E-state index in [9.17, 15) is 19.2 Å². The summed E-state index contributed by atoms with van der Waals surface area (Å²) in [5.74, 6) is -2.41. The normalized spacial score (nSPS) is 11.9. The lowest BCUT2D eigenvalue weighted by molar-refractivity contribution is -0.126. The Kier molecular flexibility index (Phi) is 11.4. The van der Waals surface area contributed by atoms with Gasteiger partial charge in [0.15, 0.2) is 0 Å². The Morgan fingerprint density at radius 1 is 0.543 bits per heavy atom. The first kappa shape index (κ1) is 33.6. The van der Waals surface area contributed by atoms with Crippen molar-refractivity contribution in [3.63, 3.8) is 0 Å². The van der Waals surface area contributed by atoms with Crippen LogP contribution in [0.25, 0.3) is 29.4 Å². The fourth-order valence-electron chi connectivity index (χ4n) is 4.36. The maximum Gasteiger partial charge on any atom is 0.258 e. The lowest BCUT2D eigenvalue weighted by Crippen LogP contribution is -2.31. The van der Waals surface area contributed by atoms with Crippen molar-refractivity contribution in [1.82, 2.24) is 10.6 Å². The van der Waals surface area contributed by atoms with E-state index in [0.29, 0.717) is 37.9 Å². The van der Waals surface area contributed by atoms with Crippen LogP contribution in [0, 0.1) is 0 Å². The molecule has 0 aliphatic carbocycles. The van der Waals surface area contributed by atoms with Gasteiger partial charge in [0.1, 0.15) is 0 Å². The van der Waals surface area contributed by atoms with Gasteiger partial charge in [-0.1, -0.05) is 103 Å². The van der Waals surface area contributed by atoms with Gasteiger partial charge in [-0.15, -0.1) is 0 Å². The van der Waals surface area contributed by atoms with Crippen LogP contribution in [0.5, 0.6) is 0 Å². The lowest BCUT2D eigenvalue weighted by Gasteiger charge is -2.11. The number of hydrogen-bond acceptors (Lipinski definition) is 4. The number of hydrogen-bond donors (Lipinski definition) is 2. The summed E-state index contributed by atoms with van der Waals surface area (Å²) >= 11 is 12.3. The summed E-state index contributed by atoms with van der Waals surface area (Å²) in [5, 5.41) is 5.83. The predicted octanol–water partition coefficient (Wildman–Crippen LogP) is 8.04. The van der Waals surface area contributed by atoms with Gasteiger partial charge in [-0.25, -0.2) is 0 Å². The zero-order valence-corrected chi connectivity index (χ0v) is 26.7. The number of rotatable bonds is 9. The van der Waals surface area contributed by atoms with Gasteiger partial charge in [-0.05, 0) is 90.2 Å². The summed E-state index contributed by atoms with van der Waals surface area (Å²) in [5.41, 5.74) is 3.98. The minimum Gasteiger partial charge on any atom is -0.288 e. The summed E-state index contributed by atoms with van der Waals surface area (Å²) in [6.45, 7) is 6.68. The summed E-state index contributed by atoms with van der Waals surface area (Å²) < 4.78 is 0.